The summed E-state index contributed by atoms with van der Waals surface area (Å²) in [4.78, 5) is 10.7. The third-order valence-corrected chi connectivity index (χ3v) is 2.48. The Morgan fingerprint density at radius 3 is 2.17 bits per heavy atom. The van der Waals surface area contributed by atoms with Gasteiger partial charge in [0.25, 0.3) is 0 Å². The van der Waals surface area contributed by atoms with Crippen LogP contribution < -0.4 is 5.73 Å². The highest BCUT2D eigenvalue weighted by Gasteiger charge is 2.26. The number of carboxylic acid groups (broad SMARTS) is 1. The molecule has 0 heterocycles. The molecule has 3 N–H and O–H groups in total. The predicted octanol–water partition coefficient (Wildman–Crippen LogP) is 0.638. The van der Waals surface area contributed by atoms with E-state index in [-0.39, 0.29) is 0 Å². The lowest BCUT2D eigenvalue weighted by atomic mass is 9.98. The van der Waals surface area contributed by atoms with E-state index in [9.17, 15) is 4.79 Å². The summed E-state index contributed by atoms with van der Waals surface area (Å²) < 4.78 is 15.5. The summed E-state index contributed by atoms with van der Waals surface area (Å²) in [6.45, 7) is 4.43. The van der Waals surface area contributed by atoms with Gasteiger partial charge >= 0.3 is 5.97 Å². The molecule has 0 aromatic carbocycles. The number of hydrogen-bond acceptors (Lipinski definition) is 5. The molecule has 0 rings (SSSR count). The van der Waals surface area contributed by atoms with Gasteiger partial charge in [-0.25, -0.2) is 0 Å². The van der Waals surface area contributed by atoms with Gasteiger partial charge in [-0.3, -0.25) is 4.79 Å². The van der Waals surface area contributed by atoms with E-state index in [1.54, 1.807) is 7.11 Å². The first-order valence-corrected chi connectivity index (χ1v) is 6.17. The molecular weight excluding hydrogens is 238 g/mol. The van der Waals surface area contributed by atoms with Crippen LogP contribution in [0, 0.1) is 0 Å². The number of ether oxygens (including phenoxy) is 3. The average molecular weight is 263 g/mol. The Morgan fingerprint density at radius 1 is 1.11 bits per heavy atom. The van der Waals surface area contributed by atoms with Gasteiger partial charge in [0.05, 0.1) is 13.2 Å². The van der Waals surface area contributed by atoms with Crippen LogP contribution in [0.25, 0.3) is 0 Å². The third kappa shape index (κ3) is 9.35. The van der Waals surface area contributed by atoms with Crippen LogP contribution in [0.4, 0.5) is 0 Å². The highest BCUT2D eigenvalue weighted by molar-refractivity contribution is 5.77. The van der Waals surface area contributed by atoms with Gasteiger partial charge in [-0.05, 0) is 26.2 Å². The molecule has 0 aliphatic carbocycles. The zero-order chi connectivity index (χ0) is 13.9. The fourth-order valence-electron chi connectivity index (χ4n) is 1.28. The quantitative estimate of drug-likeness (QED) is 0.502. The van der Waals surface area contributed by atoms with Gasteiger partial charge in [-0.15, -0.1) is 0 Å². The molecule has 0 saturated heterocycles. The summed E-state index contributed by atoms with van der Waals surface area (Å²) in [7, 11) is 1.66. The van der Waals surface area contributed by atoms with E-state index in [0.29, 0.717) is 45.9 Å². The Labute approximate surface area is 108 Å². The van der Waals surface area contributed by atoms with E-state index < -0.39 is 11.5 Å². The minimum absolute atomic E-state index is 0.400. The van der Waals surface area contributed by atoms with Crippen molar-refractivity contribution in [1.82, 2.24) is 0 Å². The van der Waals surface area contributed by atoms with Crippen molar-refractivity contribution < 1.29 is 24.1 Å². The van der Waals surface area contributed by atoms with Crippen LogP contribution >= 0.6 is 0 Å². The number of aliphatic carboxylic acids is 1. The Morgan fingerprint density at radius 2 is 1.67 bits per heavy atom. The predicted molar refractivity (Wildman–Crippen MR) is 67.6 cm³/mol. The SMILES string of the molecule is COCCCOCCOCCCC(C)(N)C(=O)O. The minimum atomic E-state index is -1.17. The molecule has 0 aliphatic heterocycles. The zero-order valence-electron chi connectivity index (χ0n) is 11.3. The lowest BCUT2D eigenvalue weighted by Crippen LogP contribution is -2.44. The van der Waals surface area contributed by atoms with Crippen LogP contribution in [0.2, 0.25) is 0 Å². The van der Waals surface area contributed by atoms with Crippen molar-refractivity contribution in [3.63, 3.8) is 0 Å². The number of hydrogen-bond donors (Lipinski definition) is 2. The van der Waals surface area contributed by atoms with E-state index in [1.165, 1.54) is 6.92 Å². The summed E-state index contributed by atoms with van der Waals surface area (Å²) in [5.74, 6) is -0.982. The summed E-state index contributed by atoms with van der Waals surface area (Å²) in [5, 5.41) is 8.79. The van der Waals surface area contributed by atoms with Crippen molar-refractivity contribution in [2.45, 2.75) is 31.7 Å². The normalized spacial score (nSPS) is 14.4. The maximum Gasteiger partial charge on any atom is 0.323 e. The molecule has 108 valence electrons. The molecule has 1 atom stereocenters. The number of methoxy groups -OCH3 is 1. The molecule has 0 bridgehead atoms. The maximum atomic E-state index is 10.7. The molecule has 6 heteroatoms. The fourth-order valence-corrected chi connectivity index (χ4v) is 1.28. The van der Waals surface area contributed by atoms with E-state index in [0.717, 1.165) is 6.42 Å². The van der Waals surface area contributed by atoms with Crippen LogP contribution in [0.1, 0.15) is 26.2 Å². The second-order valence-electron chi connectivity index (χ2n) is 4.40. The van der Waals surface area contributed by atoms with E-state index in [4.69, 9.17) is 25.1 Å². The number of nitrogens with two attached hydrogens (primary N) is 1. The summed E-state index contributed by atoms with van der Waals surface area (Å²) >= 11 is 0. The van der Waals surface area contributed by atoms with Crippen LogP contribution in [0.3, 0.4) is 0 Å². The van der Waals surface area contributed by atoms with Gasteiger partial charge in [0, 0.05) is 26.9 Å². The van der Waals surface area contributed by atoms with E-state index in [1.807, 2.05) is 0 Å². The topological polar surface area (TPSA) is 91.0 Å². The first kappa shape index (κ1) is 17.3. The Bertz CT molecular complexity index is 221. The van der Waals surface area contributed by atoms with Crippen LogP contribution in [-0.2, 0) is 19.0 Å². The molecule has 0 aliphatic rings. The first-order chi connectivity index (χ1) is 8.50. The van der Waals surface area contributed by atoms with Gasteiger partial charge in [0.1, 0.15) is 5.54 Å². The van der Waals surface area contributed by atoms with Crippen LogP contribution in [-0.4, -0.2) is 56.8 Å². The first-order valence-electron chi connectivity index (χ1n) is 6.17. The summed E-state index contributed by atoms with van der Waals surface area (Å²) in [6.07, 6.45) is 1.90. The van der Waals surface area contributed by atoms with Gasteiger partial charge < -0.3 is 25.1 Å². The molecule has 0 saturated carbocycles. The van der Waals surface area contributed by atoms with E-state index >= 15 is 0 Å². The van der Waals surface area contributed by atoms with Crippen molar-refractivity contribution in [1.29, 1.82) is 0 Å². The summed E-state index contributed by atoms with van der Waals surface area (Å²) in [6, 6.07) is 0. The van der Waals surface area contributed by atoms with Crippen molar-refractivity contribution >= 4 is 5.97 Å². The number of carboxylic acids is 1. The second-order valence-corrected chi connectivity index (χ2v) is 4.40. The van der Waals surface area contributed by atoms with Crippen molar-refractivity contribution in [3.05, 3.63) is 0 Å². The van der Waals surface area contributed by atoms with Gasteiger partial charge in [-0.2, -0.15) is 0 Å². The molecule has 0 amide bonds. The van der Waals surface area contributed by atoms with Crippen molar-refractivity contribution in [2.24, 2.45) is 5.73 Å². The van der Waals surface area contributed by atoms with Crippen LogP contribution in [0.15, 0.2) is 0 Å². The van der Waals surface area contributed by atoms with Crippen molar-refractivity contribution in [3.8, 4) is 0 Å². The molecule has 0 spiro atoms. The number of carbonyl (C=O) groups is 1. The van der Waals surface area contributed by atoms with Crippen molar-refractivity contribution in [2.75, 3.05) is 40.1 Å². The zero-order valence-corrected chi connectivity index (χ0v) is 11.3. The van der Waals surface area contributed by atoms with Gasteiger partial charge in [-0.1, -0.05) is 0 Å². The van der Waals surface area contributed by atoms with Gasteiger partial charge in [0.2, 0.25) is 0 Å². The van der Waals surface area contributed by atoms with Crippen LogP contribution in [0.5, 0.6) is 0 Å². The molecule has 0 radical (unpaired) electrons. The lowest BCUT2D eigenvalue weighted by molar-refractivity contribution is -0.143. The minimum Gasteiger partial charge on any atom is -0.480 e. The molecule has 0 aromatic rings. The highest BCUT2D eigenvalue weighted by atomic mass is 16.5. The molecule has 6 nitrogen and oxygen atoms in total. The Balaban J connectivity index is 3.24. The average Bonchev–Trinajstić information content (AvgIpc) is 2.31. The monoisotopic (exact) mass is 263 g/mol. The lowest BCUT2D eigenvalue weighted by Gasteiger charge is -2.18. The molecular formula is C12H25NO5. The number of rotatable bonds is 12. The standard InChI is InChI=1S/C12H25NO5/c1-12(13,11(14)15)5-3-7-17-9-10-18-8-4-6-16-2/h3-10,13H2,1-2H3,(H,14,15). The molecule has 0 aromatic heterocycles. The highest BCUT2D eigenvalue weighted by Crippen LogP contribution is 2.08. The maximum absolute atomic E-state index is 10.7. The third-order valence-electron chi connectivity index (χ3n) is 2.48. The molecule has 0 fully saturated rings. The summed E-state index contributed by atoms with van der Waals surface area (Å²) in [5.41, 5.74) is 4.41. The smallest absolute Gasteiger partial charge is 0.323 e. The largest absolute Gasteiger partial charge is 0.480 e. The second kappa shape index (κ2) is 10.3. The van der Waals surface area contributed by atoms with Gasteiger partial charge in [0.15, 0.2) is 0 Å². The van der Waals surface area contributed by atoms with E-state index in [2.05, 4.69) is 0 Å². The Kier molecular flexibility index (Phi) is 9.86. The fraction of sp³-hybridized carbons (Fsp3) is 0.917. The Hall–Kier alpha value is -0.690. The molecule has 18 heavy (non-hydrogen) atoms. The molecule has 1 unspecified atom stereocenters.